The lowest BCUT2D eigenvalue weighted by atomic mass is 9.97. The highest BCUT2D eigenvalue weighted by Crippen LogP contribution is 2.40. The lowest BCUT2D eigenvalue weighted by molar-refractivity contribution is -0.111. The number of nitrogens with one attached hydrogen (secondary N) is 2. The maximum atomic E-state index is 12.7. The van der Waals surface area contributed by atoms with Gasteiger partial charge in [0.1, 0.15) is 11.5 Å². The summed E-state index contributed by atoms with van der Waals surface area (Å²) < 4.78 is 10.9. The molecule has 4 heterocycles. The Bertz CT molecular complexity index is 1550. The van der Waals surface area contributed by atoms with Crippen molar-refractivity contribution in [1.29, 1.82) is 0 Å². The van der Waals surface area contributed by atoms with Crippen molar-refractivity contribution in [2.45, 2.75) is 26.9 Å². The lowest BCUT2D eigenvalue weighted by Gasteiger charge is -2.28. The Labute approximate surface area is 226 Å². The average molecular weight is 526 g/mol. The van der Waals surface area contributed by atoms with Crippen LogP contribution >= 0.6 is 0 Å². The molecule has 3 aromatic heterocycles. The molecule has 1 aliphatic heterocycles. The lowest BCUT2D eigenvalue weighted by Crippen LogP contribution is -2.36. The van der Waals surface area contributed by atoms with Crippen LogP contribution in [0, 0.1) is 6.92 Å². The quantitative estimate of drug-likeness (QED) is 0.254. The number of benzene rings is 1. The number of rotatable bonds is 7. The number of hydrogen-bond donors (Lipinski definition) is 2. The fourth-order valence-electron chi connectivity index (χ4n) is 4.62. The summed E-state index contributed by atoms with van der Waals surface area (Å²) in [7, 11) is 0. The highest BCUT2D eigenvalue weighted by molar-refractivity contribution is 6.06. The first-order valence-electron chi connectivity index (χ1n) is 12.9. The number of aryl methyl sites for hydroxylation is 1. The van der Waals surface area contributed by atoms with Gasteiger partial charge in [0.15, 0.2) is 0 Å². The van der Waals surface area contributed by atoms with Gasteiger partial charge < -0.3 is 24.7 Å². The molecule has 1 saturated heterocycles. The maximum absolute atomic E-state index is 12.7. The molecule has 1 amide bonds. The van der Waals surface area contributed by atoms with Crippen LogP contribution in [0.3, 0.4) is 0 Å². The number of pyridine rings is 2. The van der Waals surface area contributed by atoms with E-state index in [4.69, 9.17) is 9.47 Å². The van der Waals surface area contributed by atoms with Crippen LogP contribution < -0.4 is 10.2 Å². The van der Waals surface area contributed by atoms with Crippen LogP contribution in [0.4, 0.5) is 11.5 Å². The monoisotopic (exact) mass is 525 g/mol. The summed E-state index contributed by atoms with van der Waals surface area (Å²) in [5.74, 6) is 0.130. The highest BCUT2D eigenvalue weighted by atomic mass is 16.5. The number of amides is 1. The summed E-state index contributed by atoms with van der Waals surface area (Å²) in [5.41, 5.74) is 6.02. The van der Waals surface area contributed by atoms with E-state index in [-0.39, 0.29) is 12.0 Å². The summed E-state index contributed by atoms with van der Waals surface area (Å²) in [6.45, 7) is 12.0. The van der Waals surface area contributed by atoms with Crippen LogP contribution in [0.25, 0.3) is 33.4 Å². The second kappa shape index (κ2) is 11.1. The number of morpholine rings is 1. The molecule has 0 radical (unpaired) electrons. The molecule has 2 N–H and O–H groups in total. The Hall–Kier alpha value is -4.50. The number of aromatic nitrogens is 3. The number of anilines is 2. The van der Waals surface area contributed by atoms with E-state index in [0.29, 0.717) is 30.1 Å². The second-order valence-electron chi connectivity index (χ2n) is 9.67. The Balaban J connectivity index is 1.69. The minimum Gasteiger partial charge on any atom is -0.459 e. The zero-order chi connectivity index (χ0) is 27.5. The van der Waals surface area contributed by atoms with E-state index in [9.17, 15) is 9.59 Å². The van der Waals surface area contributed by atoms with Crippen molar-refractivity contribution in [2.75, 3.05) is 36.5 Å². The molecule has 5 rings (SSSR count). The Morgan fingerprint density at radius 1 is 1.13 bits per heavy atom. The summed E-state index contributed by atoms with van der Waals surface area (Å²) in [6.07, 6.45) is 4.30. The minimum absolute atomic E-state index is 0.252. The standard InChI is InChI=1S/C30H31N5O4/c1-5-26(36)33-24-15-20(7-6-19(24)4)27-23-14-22(30(37)39-18(2)3)17-32-29(23)34-28(27)21-8-9-31-25(16-21)35-10-12-38-13-11-35/h5-9,14-18H,1,10-13H2,2-4H3,(H,32,34)(H,33,36). The fraction of sp³-hybridized carbons (Fsp3) is 0.267. The first kappa shape index (κ1) is 26.1. The van der Waals surface area contributed by atoms with Gasteiger partial charge in [-0.05, 0) is 62.2 Å². The van der Waals surface area contributed by atoms with Crippen LogP contribution in [0.5, 0.6) is 0 Å². The number of esters is 1. The van der Waals surface area contributed by atoms with E-state index in [2.05, 4.69) is 31.7 Å². The van der Waals surface area contributed by atoms with E-state index < -0.39 is 5.97 Å². The van der Waals surface area contributed by atoms with Gasteiger partial charge in [0.05, 0.1) is 30.6 Å². The van der Waals surface area contributed by atoms with Crippen molar-refractivity contribution in [3.63, 3.8) is 0 Å². The van der Waals surface area contributed by atoms with Crippen LogP contribution in [0.15, 0.2) is 61.4 Å². The van der Waals surface area contributed by atoms with Gasteiger partial charge in [-0.1, -0.05) is 18.7 Å². The van der Waals surface area contributed by atoms with Crippen molar-refractivity contribution < 1.29 is 19.1 Å². The molecule has 0 spiro atoms. The van der Waals surface area contributed by atoms with Crippen molar-refractivity contribution in [3.05, 3.63) is 72.6 Å². The average Bonchev–Trinajstić information content (AvgIpc) is 3.33. The number of H-pyrrole nitrogens is 1. The van der Waals surface area contributed by atoms with Crippen LogP contribution in [-0.2, 0) is 14.3 Å². The third-order valence-corrected chi connectivity index (χ3v) is 6.57. The van der Waals surface area contributed by atoms with Gasteiger partial charge >= 0.3 is 5.97 Å². The summed E-state index contributed by atoms with van der Waals surface area (Å²) >= 11 is 0. The Morgan fingerprint density at radius 3 is 2.67 bits per heavy atom. The normalized spacial score (nSPS) is 13.5. The van der Waals surface area contributed by atoms with Crippen LogP contribution in [-0.4, -0.2) is 59.2 Å². The maximum Gasteiger partial charge on any atom is 0.339 e. The molecule has 1 fully saturated rings. The number of nitrogens with zero attached hydrogens (tertiary/aromatic N) is 3. The smallest absolute Gasteiger partial charge is 0.339 e. The van der Waals surface area contributed by atoms with Gasteiger partial charge in [-0.15, -0.1) is 0 Å². The molecular formula is C30H31N5O4. The van der Waals surface area contributed by atoms with E-state index >= 15 is 0 Å². The number of ether oxygens (including phenoxy) is 2. The van der Waals surface area contributed by atoms with E-state index in [0.717, 1.165) is 52.2 Å². The predicted molar refractivity (Wildman–Crippen MR) is 152 cm³/mol. The van der Waals surface area contributed by atoms with Crippen molar-refractivity contribution in [2.24, 2.45) is 0 Å². The minimum atomic E-state index is -0.436. The van der Waals surface area contributed by atoms with Gasteiger partial charge in [0, 0.05) is 47.7 Å². The molecular weight excluding hydrogens is 494 g/mol. The summed E-state index contributed by atoms with van der Waals surface area (Å²) in [4.78, 5) is 39.7. The summed E-state index contributed by atoms with van der Waals surface area (Å²) in [6, 6.07) is 11.7. The van der Waals surface area contributed by atoms with Gasteiger partial charge in [0.25, 0.3) is 0 Å². The zero-order valence-corrected chi connectivity index (χ0v) is 22.3. The van der Waals surface area contributed by atoms with E-state index in [1.54, 1.807) is 12.3 Å². The first-order chi connectivity index (χ1) is 18.8. The van der Waals surface area contributed by atoms with Crippen molar-refractivity contribution >= 4 is 34.4 Å². The molecule has 1 aliphatic rings. The zero-order valence-electron chi connectivity index (χ0n) is 22.3. The molecule has 1 aromatic carbocycles. The van der Waals surface area contributed by atoms with Gasteiger partial charge in [-0.25, -0.2) is 14.8 Å². The SMILES string of the molecule is C=CC(=O)Nc1cc(-c2c(-c3ccnc(N4CCOCC4)c3)[nH]c3ncc(C(=O)OC(C)C)cc23)ccc1C. The molecule has 0 saturated carbocycles. The number of aromatic amines is 1. The second-order valence-corrected chi connectivity index (χ2v) is 9.67. The van der Waals surface area contributed by atoms with E-state index in [1.807, 2.05) is 51.1 Å². The number of fused-ring (bicyclic) bond motifs is 1. The molecule has 9 nitrogen and oxygen atoms in total. The highest BCUT2D eigenvalue weighted by Gasteiger charge is 2.21. The molecule has 0 atom stereocenters. The number of carbonyl (C=O) groups is 2. The van der Waals surface area contributed by atoms with Crippen molar-refractivity contribution in [1.82, 2.24) is 15.0 Å². The molecule has 39 heavy (non-hydrogen) atoms. The van der Waals surface area contributed by atoms with Gasteiger partial charge in [0.2, 0.25) is 5.91 Å². The molecule has 0 aliphatic carbocycles. The molecule has 9 heteroatoms. The first-order valence-corrected chi connectivity index (χ1v) is 12.9. The van der Waals surface area contributed by atoms with Crippen LogP contribution in [0.1, 0.15) is 29.8 Å². The van der Waals surface area contributed by atoms with Gasteiger partial charge in [-0.2, -0.15) is 0 Å². The van der Waals surface area contributed by atoms with Crippen molar-refractivity contribution in [3.8, 4) is 22.4 Å². The molecule has 200 valence electrons. The van der Waals surface area contributed by atoms with Gasteiger partial charge in [-0.3, -0.25) is 4.79 Å². The molecule has 0 bridgehead atoms. The van der Waals surface area contributed by atoms with E-state index in [1.165, 1.54) is 12.3 Å². The molecule has 0 unspecified atom stereocenters. The largest absolute Gasteiger partial charge is 0.459 e. The van der Waals surface area contributed by atoms with Crippen LogP contribution in [0.2, 0.25) is 0 Å². The third-order valence-electron chi connectivity index (χ3n) is 6.57. The third kappa shape index (κ3) is 5.53. The summed E-state index contributed by atoms with van der Waals surface area (Å²) in [5, 5.41) is 3.65. The number of hydrogen-bond acceptors (Lipinski definition) is 7. The Morgan fingerprint density at radius 2 is 1.92 bits per heavy atom. The fourth-order valence-corrected chi connectivity index (χ4v) is 4.62. The Kier molecular flexibility index (Phi) is 7.42. The topological polar surface area (TPSA) is 109 Å². The molecule has 4 aromatic rings. The number of carbonyl (C=O) groups excluding carboxylic acids is 2. The predicted octanol–water partition coefficient (Wildman–Crippen LogP) is 5.13.